The highest BCUT2D eigenvalue weighted by molar-refractivity contribution is 7.71. The summed E-state index contributed by atoms with van der Waals surface area (Å²) >= 11 is 5.16. The molecule has 0 fully saturated rings. The number of hydrogen-bond donors (Lipinski definition) is 0. The minimum atomic E-state index is -0.464. The number of non-ortho nitro benzene ring substituents is 1. The van der Waals surface area contributed by atoms with E-state index in [4.69, 9.17) is 17.5 Å². The van der Waals surface area contributed by atoms with E-state index in [0.717, 1.165) is 0 Å². The van der Waals surface area contributed by atoms with Gasteiger partial charge in [-0.05, 0) is 24.3 Å². The number of nitriles is 1. The van der Waals surface area contributed by atoms with Crippen molar-refractivity contribution < 1.29 is 4.92 Å². The van der Waals surface area contributed by atoms with Crippen LogP contribution in [0, 0.1) is 26.1 Å². The molecular weight excluding hydrogens is 250 g/mol. The van der Waals surface area contributed by atoms with Crippen LogP contribution in [0.5, 0.6) is 0 Å². The maximum atomic E-state index is 10.6. The van der Waals surface area contributed by atoms with Gasteiger partial charge in [-0.2, -0.15) is 5.26 Å². The maximum absolute atomic E-state index is 10.6. The number of nitro groups is 1. The molecular formula is C12H7N3O2S. The molecule has 1 heterocycles. The molecule has 0 bridgehead atoms. The van der Waals surface area contributed by atoms with Crippen molar-refractivity contribution in [2.45, 2.75) is 0 Å². The summed E-state index contributed by atoms with van der Waals surface area (Å²) in [6.07, 6.45) is 1.71. The molecule has 0 saturated carbocycles. The highest BCUT2D eigenvalue weighted by atomic mass is 32.1. The minimum absolute atomic E-state index is 0.0155. The first kappa shape index (κ1) is 12.0. The zero-order chi connectivity index (χ0) is 13.1. The van der Waals surface area contributed by atoms with Crippen molar-refractivity contribution in [1.82, 2.24) is 4.57 Å². The summed E-state index contributed by atoms with van der Waals surface area (Å²) in [4.78, 5) is 10.1. The summed E-state index contributed by atoms with van der Waals surface area (Å²) in [7, 11) is 0. The van der Waals surface area contributed by atoms with Gasteiger partial charge in [-0.15, -0.1) is 0 Å². The van der Waals surface area contributed by atoms with Crippen LogP contribution in [-0.4, -0.2) is 9.49 Å². The van der Waals surface area contributed by atoms with Crippen LogP contribution < -0.4 is 0 Å². The Morgan fingerprint density at radius 1 is 1.28 bits per heavy atom. The first-order valence-corrected chi connectivity index (χ1v) is 5.41. The lowest BCUT2D eigenvalue weighted by molar-refractivity contribution is -0.384. The number of nitro benzene ring substituents is 1. The molecule has 0 amide bonds. The molecule has 0 radical (unpaired) electrons. The van der Waals surface area contributed by atoms with Gasteiger partial charge in [0.2, 0.25) is 0 Å². The van der Waals surface area contributed by atoms with Gasteiger partial charge in [-0.1, -0.05) is 12.2 Å². The zero-order valence-electron chi connectivity index (χ0n) is 9.11. The summed E-state index contributed by atoms with van der Waals surface area (Å²) in [6.45, 7) is 0. The van der Waals surface area contributed by atoms with Crippen molar-refractivity contribution in [1.29, 1.82) is 5.26 Å². The Morgan fingerprint density at radius 3 is 2.50 bits per heavy atom. The predicted molar refractivity (Wildman–Crippen MR) is 68.0 cm³/mol. The van der Waals surface area contributed by atoms with Crippen molar-refractivity contribution >= 4 is 17.9 Å². The Bertz CT molecular complexity index is 698. The smallest absolute Gasteiger partial charge is 0.269 e. The molecule has 0 atom stereocenters. The molecule has 18 heavy (non-hydrogen) atoms. The maximum Gasteiger partial charge on any atom is 0.269 e. The Hall–Kier alpha value is -2.52. The Kier molecular flexibility index (Phi) is 3.17. The van der Waals surface area contributed by atoms with Crippen LogP contribution in [0.2, 0.25) is 0 Å². The van der Waals surface area contributed by atoms with E-state index < -0.39 is 4.92 Å². The van der Waals surface area contributed by atoms with Gasteiger partial charge in [-0.3, -0.25) is 10.1 Å². The molecule has 0 aliphatic rings. The van der Waals surface area contributed by atoms with Crippen molar-refractivity contribution in [3.05, 3.63) is 62.9 Å². The molecule has 88 valence electrons. The predicted octanol–water partition coefficient (Wildman–Crippen LogP) is 2.99. The van der Waals surface area contributed by atoms with Crippen molar-refractivity contribution in [3.63, 3.8) is 0 Å². The van der Waals surface area contributed by atoms with Gasteiger partial charge in [0.1, 0.15) is 10.7 Å². The van der Waals surface area contributed by atoms with Crippen LogP contribution in [0.3, 0.4) is 0 Å². The van der Waals surface area contributed by atoms with Crippen LogP contribution in [0.4, 0.5) is 5.69 Å². The Morgan fingerprint density at radius 2 is 1.94 bits per heavy atom. The molecule has 0 aliphatic carbocycles. The van der Waals surface area contributed by atoms with Gasteiger partial charge in [0.25, 0.3) is 5.69 Å². The first-order valence-electron chi connectivity index (χ1n) is 5.00. The highest BCUT2D eigenvalue weighted by Gasteiger charge is 2.06. The summed E-state index contributed by atoms with van der Waals surface area (Å²) < 4.78 is 2.02. The number of rotatable bonds is 2. The van der Waals surface area contributed by atoms with Gasteiger partial charge in [0.05, 0.1) is 10.5 Å². The highest BCUT2D eigenvalue weighted by Crippen LogP contribution is 2.16. The fourth-order valence-electron chi connectivity index (χ4n) is 1.52. The summed E-state index contributed by atoms with van der Waals surface area (Å²) in [5, 5.41) is 19.4. The van der Waals surface area contributed by atoms with E-state index in [9.17, 15) is 10.1 Å². The Labute approximate surface area is 108 Å². The number of hydrogen-bond acceptors (Lipinski definition) is 4. The lowest BCUT2D eigenvalue weighted by atomic mass is 10.2. The molecule has 6 heteroatoms. The molecule has 2 aromatic rings. The summed E-state index contributed by atoms with van der Waals surface area (Å²) in [5.41, 5.74) is 1.09. The fourth-order valence-corrected chi connectivity index (χ4v) is 1.80. The van der Waals surface area contributed by atoms with E-state index >= 15 is 0 Å². The van der Waals surface area contributed by atoms with Crippen molar-refractivity contribution in [2.24, 2.45) is 0 Å². The second kappa shape index (κ2) is 4.77. The van der Waals surface area contributed by atoms with Crippen molar-refractivity contribution in [3.8, 4) is 11.8 Å². The lowest BCUT2D eigenvalue weighted by Crippen LogP contribution is -1.98. The van der Waals surface area contributed by atoms with Gasteiger partial charge < -0.3 is 4.57 Å². The normalized spacial score (nSPS) is 9.72. The van der Waals surface area contributed by atoms with Crippen LogP contribution in [-0.2, 0) is 0 Å². The second-order valence-corrected chi connectivity index (χ2v) is 3.87. The van der Waals surface area contributed by atoms with Crippen LogP contribution in [0.1, 0.15) is 5.56 Å². The minimum Gasteiger partial charge on any atom is -0.307 e. The van der Waals surface area contributed by atoms with Gasteiger partial charge in [0, 0.05) is 24.0 Å². The quantitative estimate of drug-likeness (QED) is 0.471. The van der Waals surface area contributed by atoms with Gasteiger partial charge in [-0.25, -0.2) is 0 Å². The summed E-state index contributed by atoms with van der Waals surface area (Å²) in [5.74, 6) is 0. The molecule has 0 spiro atoms. The van der Waals surface area contributed by atoms with E-state index in [-0.39, 0.29) is 5.69 Å². The zero-order valence-corrected chi connectivity index (χ0v) is 9.92. The van der Waals surface area contributed by atoms with Crippen LogP contribution in [0.15, 0.2) is 42.6 Å². The third-order valence-electron chi connectivity index (χ3n) is 2.41. The van der Waals surface area contributed by atoms with Crippen molar-refractivity contribution in [2.75, 3.05) is 0 Å². The molecule has 1 aromatic heterocycles. The SMILES string of the molecule is N#Cc1cccn(-c2ccc([N+](=O)[O-])cc2)c1=S. The Balaban J connectivity index is 2.53. The number of pyridine rings is 1. The first-order chi connectivity index (χ1) is 8.63. The van der Waals surface area contributed by atoms with E-state index in [1.54, 1.807) is 35.0 Å². The monoisotopic (exact) mass is 257 g/mol. The number of nitrogens with zero attached hydrogens (tertiary/aromatic N) is 3. The number of aromatic nitrogens is 1. The van der Waals surface area contributed by atoms with Gasteiger partial charge in [0.15, 0.2) is 0 Å². The largest absolute Gasteiger partial charge is 0.307 e. The third-order valence-corrected chi connectivity index (χ3v) is 2.82. The van der Waals surface area contributed by atoms with E-state index in [1.165, 1.54) is 12.1 Å². The average Bonchev–Trinajstić information content (AvgIpc) is 2.39. The van der Waals surface area contributed by atoms with E-state index in [0.29, 0.717) is 15.9 Å². The van der Waals surface area contributed by atoms with Gasteiger partial charge >= 0.3 is 0 Å². The second-order valence-electron chi connectivity index (χ2n) is 3.48. The molecule has 2 rings (SSSR count). The van der Waals surface area contributed by atoms with E-state index in [1.807, 2.05) is 6.07 Å². The molecule has 1 aromatic carbocycles. The molecule has 0 unspecified atom stereocenters. The standard InChI is InChI=1S/C12H7N3O2S/c13-8-9-2-1-7-14(12(9)18)10-3-5-11(6-4-10)15(16)17/h1-7H. The molecule has 0 N–H and O–H groups in total. The lowest BCUT2D eigenvalue weighted by Gasteiger charge is -2.06. The number of benzene rings is 1. The average molecular weight is 257 g/mol. The third kappa shape index (κ3) is 2.12. The van der Waals surface area contributed by atoms with Crippen LogP contribution in [0.25, 0.3) is 5.69 Å². The fraction of sp³-hybridized carbons (Fsp3) is 0. The van der Waals surface area contributed by atoms with E-state index in [2.05, 4.69) is 0 Å². The topological polar surface area (TPSA) is 71.9 Å². The molecule has 0 saturated heterocycles. The summed E-state index contributed by atoms with van der Waals surface area (Å²) in [6, 6.07) is 11.3. The molecule has 5 nitrogen and oxygen atoms in total. The molecule has 0 aliphatic heterocycles. The van der Waals surface area contributed by atoms with Crippen LogP contribution >= 0.6 is 12.2 Å².